The maximum absolute atomic E-state index is 13.0. The Labute approximate surface area is 221 Å². The van der Waals surface area contributed by atoms with Gasteiger partial charge in [-0.05, 0) is 35.9 Å². The second-order valence-electron chi connectivity index (χ2n) is 8.91. The highest BCUT2D eigenvalue weighted by Gasteiger charge is 2.30. The van der Waals surface area contributed by atoms with E-state index in [9.17, 15) is 15.0 Å². The fourth-order valence-electron chi connectivity index (χ4n) is 5.15. The number of aliphatic hydroxyl groups is 1. The van der Waals surface area contributed by atoms with Crippen LogP contribution in [0, 0.1) is 0 Å². The van der Waals surface area contributed by atoms with Gasteiger partial charge in [0.1, 0.15) is 34.8 Å². The normalized spacial score (nSPS) is 11.6. The summed E-state index contributed by atoms with van der Waals surface area (Å²) in [6.45, 7) is 0.201. The molecule has 9 nitrogen and oxygen atoms in total. The van der Waals surface area contributed by atoms with E-state index in [2.05, 4.69) is 8.75 Å². The van der Waals surface area contributed by atoms with Crippen molar-refractivity contribution in [2.75, 3.05) is 20.3 Å². The molecule has 10 heteroatoms. The first-order valence-corrected chi connectivity index (χ1v) is 12.7. The molecule has 3 heterocycles. The highest BCUT2D eigenvalue weighted by Crippen LogP contribution is 2.44. The molecule has 0 aliphatic rings. The molecule has 0 aliphatic carbocycles. The highest BCUT2D eigenvalue weighted by molar-refractivity contribution is 7.00. The number of fused-ring (bicyclic) bond motifs is 4. The number of carbonyl (C=O) groups is 1. The molecule has 3 aromatic heterocycles. The monoisotopic (exact) mass is 528 g/mol. The highest BCUT2D eigenvalue weighted by atomic mass is 32.1. The average Bonchev–Trinajstić information content (AvgIpc) is 3.61. The largest absolute Gasteiger partial charge is 0.497 e. The lowest BCUT2D eigenvalue weighted by molar-refractivity contribution is 0.0687. The molecular formula is C28H24N4O5S. The molecule has 2 N–H and O–H groups in total. The minimum Gasteiger partial charge on any atom is -0.497 e. The lowest BCUT2D eigenvalue weighted by Crippen LogP contribution is -2.11. The molecule has 0 atom stereocenters. The van der Waals surface area contributed by atoms with E-state index in [-0.39, 0.29) is 18.9 Å². The van der Waals surface area contributed by atoms with Gasteiger partial charge < -0.3 is 28.8 Å². The Morgan fingerprint density at radius 3 is 2.63 bits per heavy atom. The summed E-state index contributed by atoms with van der Waals surface area (Å²) >= 11 is 1.15. The number of carboxylic acids is 1. The topological polar surface area (TPSA) is 112 Å². The molecule has 0 spiro atoms. The fraction of sp³-hybridized carbons (Fsp3) is 0.179. The van der Waals surface area contributed by atoms with E-state index in [1.807, 2.05) is 64.7 Å². The van der Waals surface area contributed by atoms with Crippen LogP contribution in [-0.2, 0) is 13.6 Å². The van der Waals surface area contributed by atoms with Crippen molar-refractivity contribution in [2.45, 2.75) is 6.54 Å². The Kier molecular flexibility index (Phi) is 5.97. The smallest absolute Gasteiger partial charge is 0.353 e. The number of para-hydroxylation sites is 1. The van der Waals surface area contributed by atoms with Gasteiger partial charge in [0, 0.05) is 36.2 Å². The summed E-state index contributed by atoms with van der Waals surface area (Å²) in [7, 11) is 3.50. The van der Waals surface area contributed by atoms with E-state index in [1.54, 1.807) is 19.2 Å². The first-order chi connectivity index (χ1) is 18.5. The molecule has 38 heavy (non-hydrogen) atoms. The van der Waals surface area contributed by atoms with Crippen LogP contribution in [0.2, 0.25) is 0 Å². The molecular weight excluding hydrogens is 504 g/mol. The van der Waals surface area contributed by atoms with Gasteiger partial charge >= 0.3 is 5.97 Å². The van der Waals surface area contributed by atoms with Crippen molar-refractivity contribution in [1.29, 1.82) is 0 Å². The van der Waals surface area contributed by atoms with E-state index in [1.165, 1.54) is 0 Å². The van der Waals surface area contributed by atoms with Crippen LogP contribution >= 0.6 is 11.7 Å². The molecule has 0 saturated heterocycles. The zero-order valence-corrected chi connectivity index (χ0v) is 21.5. The Balaban J connectivity index is 1.69. The number of aryl methyl sites for hydroxylation is 1. The number of hydrogen-bond donors (Lipinski definition) is 2. The van der Waals surface area contributed by atoms with Gasteiger partial charge in [-0.2, -0.15) is 8.75 Å². The molecule has 6 aromatic rings. The summed E-state index contributed by atoms with van der Waals surface area (Å²) in [6, 6.07) is 19.1. The number of aliphatic hydroxyl groups excluding tert-OH is 1. The zero-order chi connectivity index (χ0) is 26.4. The van der Waals surface area contributed by atoms with Crippen LogP contribution in [0.15, 0.2) is 60.7 Å². The maximum atomic E-state index is 13.0. The van der Waals surface area contributed by atoms with Gasteiger partial charge in [0.15, 0.2) is 0 Å². The Hall–Kier alpha value is -4.41. The molecule has 6 rings (SSSR count). The third kappa shape index (κ3) is 3.77. The quantitative estimate of drug-likeness (QED) is 0.288. The summed E-state index contributed by atoms with van der Waals surface area (Å²) in [6.07, 6.45) is 0. The molecule has 0 amide bonds. The predicted molar refractivity (Wildman–Crippen MR) is 146 cm³/mol. The van der Waals surface area contributed by atoms with Crippen molar-refractivity contribution in [3.8, 4) is 22.6 Å². The van der Waals surface area contributed by atoms with Gasteiger partial charge in [0.2, 0.25) is 0 Å². The summed E-state index contributed by atoms with van der Waals surface area (Å²) in [5.74, 6) is -0.0581. The summed E-state index contributed by atoms with van der Waals surface area (Å²) in [5.41, 5.74) is 6.36. The van der Waals surface area contributed by atoms with Gasteiger partial charge in [0.05, 0.1) is 42.0 Å². The molecule has 0 aliphatic heterocycles. The van der Waals surface area contributed by atoms with Crippen molar-refractivity contribution < 1.29 is 24.5 Å². The molecule has 0 unspecified atom stereocenters. The van der Waals surface area contributed by atoms with E-state index in [0.29, 0.717) is 29.2 Å². The zero-order valence-electron chi connectivity index (χ0n) is 20.7. The number of aromatic carboxylic acids is 1. The number of carboxylic acid groups (broad SMARTS) is 1. The lowest BCUT2D eigenvalue weighted by Gasteiger charge is -2.15. The van der Waals surface area contributed by atoms with Crippen LogP contribution in [0.3, 0.4) is 0 Å². The molecule has 0 saturated carbocycles. The third-order valence-corrected chi connectivity index (χ3v) is 7.32. The number of nitrogens with zero attached hydrogens (tertiary/aromatic N) is 4. The van der Waals surface area contributed by atoms with Gasteiger partial charge in [-0.1, -0.05) is 24.3 Å². The number of rotatable bonds is 8. The van der Waals surface area contributed by atoms with Crippen molar-refractivity contribution in [2.24, 2.45) is 7.05 Å². The number of benzene rings is 3. The van der Waals surface area contributed by atoms with Gasteiger partial charge in [-0.15, -0.1) is 0 Å². The van der Waals surface area contributed by atoms with Crippen LogP contribution in [0.1, 0.15) is 16.1 Å². The minimum absolute atomic E-state index is 0.0588. The molecule has 0 fully saturated rings. The first-order valence-electron chi connectivity index (χ1n) is 12.0. The maximum Gasteiger partial charge on any atom is 0.353 e. The molecule has 192 valence electrons. The Morgan fingerprint density at radius 2 is 1.84 bits per heavy atom. The van der Waals surface area contributed by atoms with E-state index >= 15 is 0 Å². The van der Waals surface area contributed by atoms with E-state index < -0.39 is 5.97 Å². The van der Waals surface area contributed by atoms with Crippen LogP contribution < -0.4 is 9.47 Å². The van der Waals surface area contributed by atoms with Crippen LogP contribution in [0.4, 0.5) is 0 Å². The van der Waals surface area contributed by atoms with Crippen molar-refractivity contribution in [1.82, 2.24) is 17.9 Å². The van der Waals surface area contributed by atoms with E-state index in [0.717, 1.165) is 50.3 Å². The first kappa shape index (κ1) is 24.0. The summed E-state index contributed by atoms with van der Waals surface area (Å²) < 4.78 is 23.8. The molecule has 3 aromatic carbocycles. The summed E-state index contributed by atoms with van der Waals surface area (Å²) in [4.78, 5) is 13.0. The van der Waals surface area contributed by atoms with Gasteiger partial charge in [-0.3, -0.25) is 0 Å². The lowest BCUT2D eigenvalue weighted by atomic mass is 10.0. The molecule has 0 bridgehead atoms. The molecule has 0 radical (unpaired) electrons. The van der Waals surface area contributed by atoms with Gasteiger partial charge in [0.25, 0.3) is 0 Å². The standard InChI is InChI=1S/C28H24N4O5S/c1-31-22-6-4-3-5-18(22)25-26(31)24(19-9-8-17(36-2)14-23(19)37-12-11-33)27(28(34)35)32(25)15-16-7-10-20-21(13-16)30-38-29-20/h3-10,13-14,33H,11-12,15H2,1-2H3,(H,34,35). The third-order valence-electron chi connectivity index (χ3n) is 6.76. The minimum atomic E-state index is -1.05. The van der Waals surface area contributed by atoms with Crippen LogP contribution in [-0.4, -0.2) is 54.4 Å². The second kappa shape index (κ2) is 9.47. The van der Waals surface area contributed by atoms with Crippen LogP contribution in [0.5, 0.6) is 11.5 Å². The SMILES string of the molecule is COc1ccc(-c2c(C(=O)O)n(Cc3ccc4nsnc4c3)c3c4ccccc4n(C)c23)c(OCCO)c1. The summed E-state index contributed by atoms with van der Waals surface area (Å²) in [5, 5.41) is 21.0. The predicted octanol–water partition coefficient (Wildman–Crippen LogP) is 4.93. The Morgan fingerprint density at radius 1 is 1.03 bits per heavy atom. The van der Waals surface area contributed by atoms with Crippen molar-refractivity contribution in [3.63, 3.8) is 0 Å². The number of hydrogen-bond acceptors (Lipinski definition) is 7. The fourth-order valence-corrected chi connectivity index (χ4v) is 5.66. The Bertz CT molecular complexity index is 1830. The number of methoxy groups -OCH3 is 1. The van der Waals surface area contributed by atoms with Crippen molar-refractivity contribution >= 4 is 50.7 Å². The van der Waals surface area contributed by atoms with Crippen LogP contribution in [0.25, 0.3) is 44.1 Å². The van der Waals surface area contributed by atoms with E-state index in [4.69, 9.17) is 9.47 Å². The second-order valence-corrected chi connectivity index (χ2v) is 9.44. The number of ether oxygens (including phenoxy) is 2. The van der Waals surface area contributed by atoms with Gasteiger partial charge in [-0.25, -0.2) is 4.79 Å². The number of aromatic nitrogens is 4. The van der Waals surface area contributed by atoms with Crippen molar-refractivity contribution in [3.05, 3.63) is 71.9 Å². The average molecular weight is 529 g/mol.